The lowest BCUT2D eigenvalue weighted by atomic mass is 9.92. The number of pyridine rings is 1. The zero-order chi connectivity index (χ0) is 27.2. The second-order valence-electron chi connectivity index (χ2n) is 9.59. The first-order valence-corrected chi connectivity index (χ1v) is 12.6. The van der Waals surface area contributed by atoms with Gasteiger partial charge in [-0.25, -0.2) is 28.0 Å². The van der Waals surface area contributed by atoms with Gasteiger partial charge in [-0.15, -0.1) is 0 Å². The van der Waals surface area contributed by atoms with Crippen molar-refractivity contribution in [3.8, 4) is 17.0 Å². The molecular weight excluding hydrogens is 523 g/mol. The van der Waals surface area contributed by atoms with Gasteiger partial charge in [0, 0.05) is 41.9 Å². The maximum absolute atomic E-state index is 15.1. The fourth-order valence-electron chi connectivity index (χ4n) is 4.76. The molecular formula is C26H25ClF3N5O3. The number of alkyl halides is 2. The Kier molecular flexibility index (Phi) is 6.81. The predicted molar refractivity (Wildman–Crippen MR) is 135 cm³/mol. The molecule has 200 valence electrons. The number of aromatic amines is 1. The van der Waals surface area contributed by atoms with Gasteiger partial charge >= 0.3 is 6.03 Å². The highest BCUT2D eigenvalue weighted by Gasteiger charge is 2.57. The number of benzene rings is 1. The van der Waals surface area contributed by atoms with Crippen molar-refractivity contribution in [3.63, 3.8) is 0 Å². The summed E-state index contributed by atoms with van der Waals surface area (Å²) in [6.45, 7) is 3.60. The molecule has 3 aromatic rings. The van der Waals surface area contributed by atoms with Crippen molar-refractivity contribution in [2.45, 2.75) is 51.1 Å². The number of halogens is 4. The lowest BCUT2D eigenvalue weighted by Gasteiger charge is -2.40. The number of amides is 2. The van der Waals surface area contributed by atoms with Crippen LogP contribution in [-0.2, 0) is 6.42 Å². The van der Waals surface area contributed by atoms with Crippen LogP contribution < -0.4 is 15.6 Å². The minimum Gasteiger partial charge on any atom is -0.477 e. The van der Waals surface area contributed by atoms with E-state index in [4.69, 9.17) is 16.3 Å². The molecule has 0 radical (unpaired) electrons. The van der Waals surface area contributed by atoms with E-state index in [2.05, 4.69) is 20.5 Å². The molecule has 12 heteroatoms. The molecule has 1 aliphatic heterocycles. The van der Waals surface area contributed by atoms with Gasteiger partial charge in [-0.3, -0.25) is 4.79 Å². The number of H-pyrrole nitrogens is 1. The smallest absolute Gasteiger partial charge is 0.322 e. The van der Waals surface area contributed by atoms with Crippen LogP contribution in [0.2, 0.25) is 5.02 Å². The highest BCUT2D eigenvalue weighted by molar-refractivity contribution is 6.33. The zero-order valence-electron chi connectivity index (χ0n) is 20.6. The molecule has 1 aromatic carbocycles. The van der Waals surface area contributed by atoms with Crippen LogP contribution in [0.5, 0.6) is 5.88 Å². The van der Waals surface area contributed by atoms with E-state index in [1.165, 1.54) is 30.5 Å². The van der Waals surface area contributed by atoms with Gasteiger partial charge < -0.3 is 15.0 Å². The summed E-state index contributed by atoms with van der Waals surface area (Å²) in [7, 11) is 0. The summed E-state index contributed by atoms with van der Waals surface area (Å²) >= 11 is 6.44. The summed E-state index contributed by atoms with van der Waals surface area (Å²) in [5.74, 6) is -3.99. The minimum atomic E-state index is -2.67. The Labute approximate surface area is 221 Å². The van der Waals surface area contributed by atoms with Crippen molar-refractivity contribution >= 4 is 23.3 Å². The van der Waals surface area contributed by atoms with Crippen LogP contribution in [0.25, 0.3) is 11.1 Å². The Hall–Kier alpha value is -3.60. The third-order valence-electron chi connectivity index (χ3n) is 7.02. The van der Waals surface area contributed by atoms with E-state index < -0.39 is 29.7 Å². The van der Waals surface area contributed by atoms with Crippen molar-refractivity contribution in [2.24, 2.45) is 5.92 Å². The van der Waals surface area contributed by atoms with Gasteiger partial charge in [0.25, 0.3) is 11.5 Å². The first kappa shape index (κ1) is 26.0. The summed E-state index contributed by atoms with van der Waals surface area (Å²) in [6, 6.07) is 5.93. The topological polar surface area (TPSA) is 100 Å². The Balaban J connectivity index is 1.31. The third-order valence-corrected chi connectivity index (χ3v) is 7.34. The zero-order valence-corrected chi connectivity index (χ0v) is 21.4. The number of rotatable bonds is 6. The molecule has 2 aromatic heterocycles. The maximum Gasteiger partial charge on any atom is 0.322 e. The standard InChI is InChI=1S/C26H25ClF3N5O3/c1-3-17-6-15-7-22(36)33-34-24(15)13(2)35(17)25(37)32-21-9-19(27)18(8-20(21)28)14-4-5-23(31-11-14)38-12-16-10-26(16,29)30/h4-5,7-9,11,13,16-17H,3,6,10,12H2,1-2H3,(H,32,37)(H,33,36). The van der Waals surface area contributed by atoms with Crippen molar-refractivity contribution in [1.29, 1.82) is 0 Å². The summed E-state index contributed by atoms with van der Waals surface area (Å²) in [5, 5.41) is 9.32. The molecule has 2 amide bonds. The molecule has 2 aliphatic rings. The van der Waals surface area contributed by atoms with E-state index in [-0.39, 0.29) is 41.2 Å². The predicted octanol–water partition coefficient (Wildman–Crippen LogP) is 5.59. The average molecular weight is 548 g/mol. The number of aromatic nitrogens is 3. The van der Waals surface area contributed by atoms with Gasteiger partial charge in [-0.05, 0) is 43.5 Å². The Bertz CT molecular complexity index is 1430. The molecule has 3 heterocycles. The number of urea groups is 1. The number of hydrogen-bond acceptors (Lipinski definition) is 5. The lowest BCUT2D eigenvalue weighted by molar-refractivity contribution is 0.0849. The van der Waals surface area contributed by atoms with Crippen molar-refractivity contribution < 1.29 is 22.7 Å². The van der Waals surface area contributed by atoms with E-state index >= 15 is 4.39 Å². The highest BCUT2D eigenvalue weighted by atomic mass is 35.5. The van der Waals surface area contributed by atoms with Gasteiger partial charge in [0.15, 0.2) is 0 Å². The molecule has 8 nitrogen and oxygen atoms in total. The quantitative estimate of drug-likeness (QED) is 0.419. The van der Waals surface area contributed by atoms with E-state index in [0.29, 0.717) is 29.7 Å². The molecule has 5 rings (SSSR count). The monoisotopic (exact) mass is 547 g/mol. The number of nitrogens with zero attached hydrogens (tertiary/aromatic N) is 3. The molecule has 0 spiro atoms. The van der Waals surface area contributed by atoms with E-state index in [0.717, 1.165) is 5.56 Å². The molecule has 1 saturated carbocycles. The van der Waals surface area contributed by atoms with Gasteiger partial charge in [-0.2, -0.15) is 5.10 Å². The van der Waals surface area contributed by atoms with Gasteiger partial charge in [0.1, 0.15) is 5.82 Å². The number of carbonyl (C=O) groups is 1. The fourth-order valence-corrected chi connectivity index (χ4v) is 5.04. The van der Waals surface area contributed by atoms with Crippen LogP contribution >= 0.6 is 11.6 Å². The van der Waals surface area contributed by atoms with Crippen molar-refractivity contribution in [1.82, 2.24) is 20.1 Å². The molecule has 3 unspecified atom stereocenters. The van der Waals surface area contributed by atoms with E-state index in [1.807, 2.05) is 6.92 Å². The summed E-state index contributed by atoms with van der Waals surface area (Å²) in [4.78, 5) is 30.7. The SMILES string of the molecule is CCC1Cc2cc(=O)[nH]nc2C(C)N1C(=O)Nc1cc(Cl)c(-c2ccc(OCC3CC3(F)F)nc2)cc1F. The van der Waals surface area contributed by atoms with Gasteiger partial charge in [-0.1, -0.05) is 18.5 Å². The van der Waals surface area contributed by atoms with Crippen LogP contribution in [0.1, 0.15) is 44.0 Å². The summed E-state index contributed by atoms with van der Waals surface area (Å²) in [5.41, 5.74) is 1.80. The van der Waals surface area contributed by atoms with Crippen molar-refractivity contribution in [3.05, 3.63) is 69.0 Å². The maximum atomic E-state index is 15.1. The molecule has 0 bridgehead atoms. The molecule has 1 fully saturated rings. The van der Waals surface area contributed by atoms with Crippen LogP contribution in [-0.4, -0.2) is 44.7 Å². The summed E-state index contributed by atoms with van der Waals surface area (Å²) < 4.78 is 46.5. The van der Waals surface area contributed by atoms with E-state index in [1.54, 1.807) is 17.9 Å². The number of anilines is 1. The summed E-state index contributed by atoms with van der Waals surface area (Å²) in [6.07, 6.45) is 2.31. The normalized spacial score (nSPS) is 21.5. The molecule has 38 heavy (non-hydrogen) atoms. The Morgan fingerprint density at radius 2 is 2.08 bits per heavy atom. The van der Waals surface area contributed by atoms with Crippen LogP contribution in [0, 0.1) is 11.7 Å². The lowest BCUT2D eigenvalue weighted by Crippen LogP contribution is -2.49. The first-order chi connectivity index (χ1) is 18.1. The van der Waals surface area contributed by atoms with Gasteiger partial charge in [0.05, 0.1) is 35.0 Å². The number of nitrogens with one attached hydrogen (secondary N) is 2. The van der Waals surface area contributed by atoms with E-state index in [9.17, 15) is 18.4 Å². The highest BCUT2D eigenvalue weighted by Crippen LogP contribution is 2.48. The number of hydrogen-bond donors (Lipinski definition) is 2. The van der Waals surface area contributed by atoms with Crippen LogP contribution in [0.4, 0.5) is 23.7 Å². The second kappa shape index (κ2) is 9.94. The number of carbonyl (C=O) groups excluding carboxylic acids is 1. The minimum absolute atomic E-state index is 0.0932. The Morgan fingerprint density at radius 3 is 2.74 bits per heavy atom. The van der Waals surface area contributed by atoms with Gasteiger partial charge in [0.2, 0.25) is 5.88 Å². The molecule has 0 saturated heterocycles. The average Bonchev–Trinajstić information content (AvgIpc) is 3.50. The fraction of sp³-hybridized carbons (Fsp3) is 0.385. The molecule has 3 atom stereocenters. The number of fused-ring (bicyclic) bond motifs is 1. The Morgan fingerprint density at radius 1 is 1.32 bits per heavy atom. The third kappa shape index (κ3) is 5.07. The van der Waals surface area contributed by atoms with Crippen LogP contribution in [0.15, 0.2) is 41.3 Å². The molecule has 1 aliphatic carbocycles. The second-order valence-corrected chi connectivity index (χ2v) is 10.00. The van der Waals surface area contributed by atoms with Crippen molar-refractivity contribution in [2.75, 3.05) is 11.9 Å². The number of ether oxygens (including phenoxy) is 1. The van der Waals surface area contributed by atoms with Crippen LogP contribution in [0.3, 0.4) is 0 Å². The first-order valence-electron chi connectivity index (χ1n) is 12.2. The molecule has 2 N–H and O–H groups in total. The largest absolute Gasteiger partial charge is 0.477 e.